The molecule has 0 unspecified atom stereocenters. The summed E-state index contributed by atoms with van der Waals surface area (Å²) in [6.45, 7) is 1.85. The molecule has 0 aliphatic rings. The number of imidazole rings is 1. The van der Waals surface area contributed by atoms with Crippen LogP contribution in [0.4, 0.5) is 4.39 Å². The van der Waals surface area contributed by atoms with E-state index in [-0.39, 0.29) is 17.0 Å². The molecular weight excluding hydrogens is 295 g/mol. The second-order valence-corrected chi connectivity index (χ2v) is 6.33. The van der Waals surface area contributed by atoms with Crippen LogP contribution < -0.4 is 10.0 Å². The number of H-pyrrole nitrogens is 1. The van der Waals surface area contributed by atoms with Crippen LogP contribution in [0.25, 0.3) is 0 Å². The monoisotopic (exact) mass is 312 g/mol. The summed E-state index contributed by atoms with van der Waals surface area (Å²) in [5.41, 5.74) is 0.667. The van der Waals surface area contributed by atoms with E-state index in [1.165, 1.54) is 25.3 Å². The number of benzene rings is 1. The Morgan fingerprint density at radius 2 is 2.10 bits per heavy atom. The highest BCUT2D eigenvalue weighted by Crippen LogP contribution is 2.20. The fraction of sp³-hybridized carbons (Fsp3) is 0.308. The third-order valence-corrected chi connectivity index (χ3v) is 4.54. The van der Waals surface area contributed by atoms with Crippen molar-refractivity contribution >= 4 is 10.0 Å². The zero-order valence-electron chi connectivity index (χ0n) is 11.8. The molecule has 2 aromatic rings. The Morgan fingerprint density at radius 3 is 2.71 bits per heavy atom. The predicted molar refractivity (Wildman–Crippen MR) is 76.5 cm³/mol. The topological polar surface area (TPSA) is 86.9 Å². The summed E-state index contributed by atoms with van der Waals surface area (Å²) in [5, 5.41) is 2.87. The lowest BCUT2D eigenvalue weighted by Gasteiger charge is -2.11. The molecule has 1 aromatic carbocycles. The number of hydrogen-bond donors (Lipinski definition) is 3. The van der Waals surface area contributed by atoms with Gasteiger partial charge in [-0.25, -0.2) is 22.5 Å². The van der Waals surface area contributed by atoms with E-state index in [0.717, 1.165) is 0 Å². The number of nitrogens with one attached hydrogen (secondary N) is 3. The van der Waals surface area contributed by atoms with Crippen LogP contribution in [0, 0.1) is 12.7 Å². The van der Waals surface area contributed by atoms with Gasteiger partial charge in [-0.15, -0.1) is 0 Å². The maximum absolute atomic E-state index is 13.9. The molecule has 0 spiro atoms. The van der Waals surface area contributed by atoms with Gasteiger partial charge in [-0.2, -0.15) is 0 Å². The number of rotatable bonds is 6. The molecule has 0 saturated carbocycles. The Morgan fingerprint density at radius 1 is 1.33 bits per heavy atom. The van der Waals surface area contributed by atoms with Gasteiger partial charge in [-0.1, -0.05) is 0 Å². The molecule has 0 amide bonds. The van der Waals surface area contributed by atoms with E-state index in [9.17, 15) is 12.8 Å². The maximum atomic E-state index is 13.9. The van der Waals surface area contributed by atoms with Crippen molar-refractivity contribution in [2.45, 2.75) is 24.9 Å². The second kappa shape index (κ2) is 6.33. The second-order valence-electron chi connectivity index (χ2n) is 4.59. The molecule has 0 saturated heterocycles. The Bertz CT molecular complexity index is 714. The van der Waals surface area contributed by atoms with Crippen LogP contribution in [0.2, 0.25) is 0 Å². The van der Waals surface area contributed by atoms with Crippen LogP contribution in [-0.4, -0.2) is 25.4 Å². The number of sulfonamides is 1. The number of aromatic amines is 1. The highest BCUT2D eigenvalue weighted by Gasteiger charge is 2.20. The van der Waals surface area contributed by atoms with E-state index in [0.29, 0.717) is 17.9 Å². The van der Waals surface area contributed by atoms with Crippen molar-refractivity contribution in [3.8, 4) is 0 Å². The molecule has 6 nitrogen and oxygen atoms in total. The van der Waals surface area contributed by atoms with E-state index < -0.39 is 15.8 Å². The summed E-state index contributed by atoms with van der Waals surface area (Å²) >= 11 is 0. The van der Waals surface area contributed by atoms with Crippen LogP contribution in [0.5, 0.6) is 0 Å². The fourth-order valence-corrected chi connectivity index (χ4v) is 3.22. The van der Waals surface area contributed by atoms with Crippen molar-refractivity contribution in [1.29, 1.82) is 0 Å². The van der Waals surface area contributed by atoms with Gasteiger partial charge in [0.25, 0.3) is 0 Å². The van der Waals surface area contributed by atoms with Crippen LogP contribution in [0.15, 0.2) is 29.4 Å². The zero-order valence-corrected chi connectivity index (χ0v) is 12.6. The lowest BCUT2D eigenvalue weighted by atomic mass is 10.1. The lowest BCUT2D eigenvalue weighted by molar-refractivity contribution is 0.571. The minimum absolute atomic E-state index is 0.0205. The number of halogens is 1. The molecule has 3 N–H and O–H groups in total. The van der Waals surface area contributed by atoms with Gasteiger partial charge in [0, 0.05) is 24.5 Å². The van der Waals surface area contributed by atoms with Crippen LogP contribution in [0.3, 0.4) is 0 Å². The lowest BCUT2D eigenvalue weighted by Crippen LogP contribution is -2.25. The maximum Gasteiger partial charge on any atom is 0.241 e. The van der Waals surface area contributed by atoms with Gasteiger partial charge >= 0.3 is 0 Å². The summed E-state index contributed by atoms with van der Waals surface area (Å²) in [5.74, 6) is -0.0517. The Balaban J connectivity index is 2.30. The molecule has 1 aromatic heterocycles. The van der Waals surface area contributed by atoms with Gasteiger partial charge in [-0.3, -0.25) is 0 Å². The van der Waals surface area contributed by atoms with Crippen LogP contribution in [-0.2, 0) is 23.1 Å². The van der Waals surface area contributed by atoms with E-state index in [2.05, 4.69) is 20.0 Å². The standard InChI is InChI=1S/C13H17FN4O2S/c1-9-11(14)5-10(7-15-2)6-12(9)21(19,20)18-8-13-16-3-4-17-13/h3-6,15,18H,7-8H2,1-2H3,(H,16,17). The van der Waals surface area contributed by atoms with Crippen molar-refractivity contribution < 1.29 is 12.8 Å². The first-order valence-electron chi connectivity index (χ1n) is 6.35. The molecule has 21 heavy (non-hydrogen) atoms. The molecule has 0 aliphatic heterocycles. The first kappa shape index (κ1) is 15.6. The molecule has 0 atom stereocenters. The average molecular weight is 312 g/mol. The quantitative estimate of drug-likeness (QED) is 0.744. The zero-order chi connectivity index (χ0) is 15.5. The Kier molecular flexibility index (Phi) is 4.71. The van der Waals surface area contributed by atoms with Gasteiger partial charge in [0.15, 0.2) is 0 Å². The first-order valence-corrected chi connectivity index (χ1v) is 7.84. The van der Waals surface area contributed by atoms with Crippen LogP contribution >= 0.6 is 0 Å². The summed E-state index contributed by atoms with van der Waals surface area (Å²) in [7, 11) is -2.10. The van der Waals surface area contributed by atoms with Crippen LogP contribution in [0.1, 0.15) is 17.0 Å². The fourth-order valence-electron chi connectivity index (χ4n) is 1.93. The van der Waals surface area contributed by atoms with Crippen molar-refractivity contribution in [2.24, 2.45) is 0 Å². The highest BCUT2D eigenvalue weighted by atomic mass is 32.2. The molecule has 0 bridgehead atoms. The van der Waals surface area contributed by atoms with Gasteiger partial charge in [-0.05, 0) is 31.7 Å². The molecule has 114 valence electrons. The smallest absolute Gasteiger partial charge is 0.241 e. The molecule has 0 aliphatic carbocycles. The largest absolute Gasteiger partial charge is 0.347 e. The van der Waals surface area contributed by atoms with Gasteiger partial charge in [0.1, 0.15) is 11.6 Å². The van der Waals surface area contributed by atoms with Crippen molar-refractivity contribution in [2.75, 3.05) is 7.05 Å². The minimum Gasteiger partial charge on any atom is -0.347 e. The normalized spacial score (nSPS) is 11.8. The Hall–Kier alpha value is -1.77. The van der Waals surface area contributed by atoms with E-state index in [1.807, 2.05) is 0 Å². The summed E-state index contributed by atoms with van der Waals surface area (Å²) < 4.78 is 40.9. The van der Waals surface area contributed by atoms with Gasteiger partial charge in [0.2, 0.25) is 10.0 Å². The molecule has 0 fully saturated rings. The number of hydrogen-bond acceptors (Lipinski definition) is 4. The van der Waals surface area contributed by atoms with Crippen molar-refractivity contribution in [1.82, 2.24) is 20.0 Å². The first-order chi connectivity index (χ1) is 9.94. The molecule has 2 rings (SSSR count). The average Bonchev–Trinajstić information content (AvgIpc) is 2.94. The SMILES string of the molecule is CNCc1cc(F)c(C)c(S(=O)(=O)NCc2ncc[nH]2)c1. The van der Waals surface area contributed by atoms with Crippen molar-refractivity contribution in [3.05, 3.63) is 47.3 Å². The van der Waals surface area contributed by atoms with Gasteiger partial charge < -0.3 is 10.3 Å². The van der Waals surface area contributed by atoms with E-state index in [1.54, 1.807) is 13.2 Å². The molecule has 0 radical (unpaired) electrons. The highest BCUT2D eigenvalue weighted by molar-refractivity contribution is 7.89. The van der Waals surface area contributed by atoms with E-state index >= 15 is 0 Å². The Labute approximate surface area is 122 Å². The van der Waals surface area contributed by atoms with E-state index in [4.69, 9.17) is 0 Å². The predicted octanol–water partition coefficient (Wildman–Crippen LogP) is 1.06. The minimum atomic E-state index is -3.81. The summed E-state index contributed by atoms with van der Waals surface area (Å²) in [6, 6.07) is 2.80. The number of aromatic nitrogens is 2. The summed E-state index contributed by atoms with van der Waals surface area (Å²) in [4.78, 5) is 6.67. The third kappa shape index (κ3) is 3.66. The van der Waals surface area contributed by atoms with Crippen molar-refractivity contribution in [3.63, 3.8) is 0 Å². The molecular formula is C13H17FN4O2S. The molecule has 1 heterocycles. The summed E-state index contributed by atoms with van der Waals surface area (Å²) in [6.07, 6.45) is 3.13. The molecule has 8 heteroatoms. The third-order valence-electron chi connectivity index (χ3n) is 3.01. The number of nitrogens with zero attached hydrogens (tertiary/aromatic N) is 1. The van der Waals surface area contributed by atoms with Gasteiger partial charge in [0.05, 0.1) is 11.4 Å².